The first kappa shape index (κ1) is 12.8. The monoisotopic (exact) mass is 225 g/mol. The van der Waals surface area contributed by atoms with Gasteiger partial charge in [0.15, 0.2) is 5.78 Å². The molecule has 0 aliphatic rings. The van der Waals surface area contributed by atoms with E-state index in [0.29, 0.717) is 18.9 Å². The summed E-state index contributed by atoms with van der Waals surface area (Å²) in [5, 5.41) is 3.93. The third kappa shape index (κ3) is 3.41. The highest BCUT2D eigenvalue weighted by Crippen LogP contribution is 2.07. The van der Waals surface area contributed by atoms with Crippen molar-refractivity contribution in [1.29, 1.82) is 0 Å². The maximum Gasteiger partial charge on any atom is 0.169 e. The molecule has 1 aromatic rings. The molecule has 0 N–H and O–H groups in total. The van der Waals surface area contributed by atoms with Crippen LogP contribution < -0.4 is 0 Å². The molecule has 0 saturated carbocycles. The highest BCUT2D eigenvalue weighted by molar-refractivity contribution is 5.84. The van der Waals surface area contributed by atoms with E-state index in [9.17, 15) is 4.79 Å². The van der Waals surface area contributed by atoms with Gasteiger partial charge < -0.3 is 4.74 Å². The summed E-state index contributed by atoms with van der Waals surface area (Å²) in [6.45, 7) is 4.51. The molecule has 0 spiro atoms. The maximum atomic E-state index is 11.9. The number of aryl methyl sites for hydroxylation is 1. The van der Waals surface area contributed by atoms with Crippen LogP contribution in [0.15, 0.2) is 6.33 Å². The van der Waals surface area contributed by atoms with Crippen LogP contribution in [0.5, 0.6) is 0 Å². The summed E-state index contributed by atoms with van der Waals surface area (Å²) >= 11 is 0. The van der Waals surface area contributed by atoms with E-state index in [4.69, 9.17) is 4.74 Å². The third-order valence-corrected chi connectivity index (χ3v) is 2.42. The molecule has 0 aliphatic carbocycles. The number of aromatic nitrogens is 3. The summed E-state index contributed by atoms with van der Waals surface area (Å²) in [7, 11) is 1.78. The fraction of sp³-hybridized carbons (Fsp3) is 0.727. The van der Waals surface area contributed by atoms with Gasteiger partial charge in [-0.05, 0) is 13.3 Å². The van der Waals surface area contributed by atoms with Crippen molar-refractivity contribution in [1.82, 2.24) is 14.8 Å². The molecule has 0 aromatic carbocycles. The Morgan fingerprint density at radius 3 is 2.81 bits per heavy atom. The minimum Gasteiger partial charge on any atom is -0.371 e. The molecule has 1 unspecified atom stereocenters. The van der Waals surface area contributed by atoms with Gasteiger partial charge in [-0.25, -0.2) is 4.98 Å². The number of ketones is 1. The van der Waals surface area contributed by atoms with Crippen molar-refractivity contribution >= 4 is 5.78 Å². The van der Waals surface area contributed by atoms with E-state index in [0.717, 1.165) is 12.8 Å². The largest absolute Gasteiger partial charge is 0.371 e. The fourth-order valence-corrected chi connectivity index (χ4v) is 1.55. The van der Waals surface area contributed by atoms with Crippen LogP contribution in [0.4, 0.5) is 0 Å². The van der Waals surface area contributed by atoms with Crippen molar-refractivity contribution in [2.75, 3.05) is 6.61 Å². The van der Waals surface area contributed by atoms with Crippen molar-refractivity contribution in [2.45, 2.75) is 39.2 Å². The lowest BCUT2D eigenvalue weighted by molar-refractivity contribution is -0.130. The molecule has 0 bridgehead atoms. The molecule has 0 radical (unpaired) electrons. The molecule has 5 heteroatoms. The Hall–Kier alpha value is -1.23. The van der Waals surface area contributed by atoms with Gasteiger partial charge in [0.1, 0.15) is 18.3 Å². The van der Waals surface area contributed by atoms with Crippen LogP contribution in [0.25, 0.3) is 0 Å². The van der Waals surface area contributed by atoms with Crippen molar-refractivity contribution in [3.05, 3.63) is 12.2 Å². The number of ether oxygens (including phenoxy) is 1. The molecule has 0 saturated heterocycles. The van der Waals surface area contributed by atoms with E-state index < -0.39 is 0 Å². The Labute approximate surface area is 95.8 Å². The first-order valence-electron chi connectivity index (χ1n) is 5.66. The number of Topliss-reactive ketones (excluding diaryl/α,β-unsaturated/α-hetero) is 1. The molecule has 1 rings (SSSR count). The standard InChI is InChI=1S/C11H19N3O2/c1-4-6-10(16-5-2)9(15)7-11-12-8-13-14(11)3/h8,10H,4-7H2,1-3H3. The van der Waals surface area contributed by atoms with Crippen LogP contribution >= 0.6 is 0 Å². The minimum atomic E-state index is -0.299. The quantitative estimate of drug-likeness (QED) is 0.698. The Balaban J connectivity index is 2.58. The van der Waals surface area contributed by atoms with Crippen LogP contribution in [0.1, 0.15) is 32.5 Å². The van der Waals surface area contributed by atoms with Gasteiger partial charge in [-0.2, -0.15) is 5.10 Å². The van der Waals surface area contributed by atoms with Gasteiger partial charge in [0.05, 0.1) is 6.42 Å². The van der Waals surface area contributed by atoms with Crippen molar-refractivity contribution < 1.29 is 9.53 Å². The van der Waals surface area contributed by atoms with Crippen molar-refractivity contribution in [2.24, 2.45) is 7.05 Å². The lowest BCUT2D eigenvalue weighted by Crippen LogP contribution is -2.27. The summed E-state index contributed by atoms with van der Waals surface area (Å²) in [6.07, 6.45) is 3.16. The van der Waals surface area contributed by atoms with Gasteiger partial charge in [0.25, 0.3) is 0 Å². The lowest BCUT2D eigenvalue weighted by Gasteiger charge is -2.14. The lowest BCUT2D eigenvalue weighted by atomic mass is 10.1. The second kappa shape index (κ2) is 6.37. The fourth-order valence-electron chi connectivity index (χ4n) is 1.55. The first-order valence-corrected chi connectivity index (χ1v) is 5.66. The maximum absolute atomic E-state index is 11.9. The second-order valence-corrected chi connectivity index (χ2v) is 3.68. The zero-order valence-corrected chi connectivity index (χ0v) is 10.1. The number of rotatable bonds is 7. The van der Waals surface area contributed by atoms with Crippen molar-refractivity contribution in [3.63, 3.8) is 0 Å². The molecular formula is C11H19N3O2. The molecular weight excluding hydrogens is 206 g/mol. The van der Waals surface area contributed by atoms with Crippen LogP contribution in [0, 0.1) is 0 Å². The number of carbonyl (C=O) groups excluding carboxylic acids is 1. The second-order valence-electron chi connectivity index (χ2n) is 3.68. The molecule has 1 heterocycles. The van der Waals surface area contributed by atoms with E-state index in [2.05, 4.69) is 10.1 Å². The molecule has 1 atom stereocenters. The smallest absolute Gasteiger partial charge is 0.169 e. The number of nitrogens with zero attached hydrogens (tertiary/aromatic N) is 3. The summed E-state index contributed by atoms with van der Waals surface area (Å²) in [4.78, 5) is 16.0. The van der Waals surface area contributed by atoms with Gasteiger partial charge >= 0.3 is 0 Å². The molecule has 90 valence electrons. The number of hydrogen-bond donors (Lipinski definition) is 0. The number of carbonyl (C=O) groups is 1. The Morgan fingerprint density at radius 2 is 2.31 bits per heavy atom. The molecule has 1 aromatic heterocycles. The van der Waals surface area contributed by atoms with Gasteiger partial charge in [-0.3, -0.25) is 9.48 Å². The molecule has 0 aliphatic heterocycles. The summed E-state index contributed by atoms with van der Waals surface area (Å²) in [6, 6.07) is 0. The summed E-state index contributed by atoms with van der Waals surface area (Å²) in [5.74, 6) is 0.769. The average Bonchev–Trinajstić information content (AvgIpc) is 2.64. The highest BCUT2D eigenvalue weighted by atomic mass is 16.5. The number of hydrogen-bond acceptors (Lipinski definition) is 4. The van der Waals surface area contributed by atoms with E-state index >= 15 is 0 Å². The van der Waals surface area contributed by atoms with Gasteiger partial charge in [0.2, 0.25) is 0 Å². The average molecular weight is 225 g/mol. The Kier molecular flexibility index (Phi) is 5.11. The zero-order valence-electron chi connectivity index (χ0n) is 10.1. The van der Waals surface area contributed by atoms with Gasteiger partial charge in [-0.15, -0.1) is 0 Å². The van der Waals surface area contributed by atoms with E-state index in [1.807, 2.05) is 13.8 Å². The topological polar surface area (TPSA) is 57.0 Å². The Morgan fingerprint density at radius 1 is 1.56 bits per heavy atom. The Bertz CT molecular complexity index is 330. The van der Waals surface area contributed by atoms with E-state index in [1.54, 1.807) is 11.7 Å². The first-order chi connectivity index (χ1) is 7.69. The third-order valence-electron chi connectivity index (χ3n) is 2.42. The molecule has 5 nitrogen and oxygen atoms in total. The van der Waals surface area contributed by atoms with E-state index in [1.165, 1.54) is 6.33 Å². The van der Waals surface area contributed by atoms with Gasteiger partial charge in [0, 0.05) is 13.7 Å². The van der Waals surface area contributed by atoms with Crippen molar-refractivity contribution in [3.8, 4) is 0 Å². The summed E-state index contributed by atoms with van der Waals surface area (Å²) < 4.78 is 7.04. The van der Waals surface area contributed by atoms with Crippen LogP contribution in [0.3, 0.4) is 0 Å². The normalized spacial score (nSPS) is 12.7. The molecule has 16 heavy (non-hydrogen) atoms. The SMILES string of the molecule is CCCC(OCC)C(=O)Cc1ncnn1C. The van der Waals surface area contributed by atoms with Crippen LogP contribution in [-0.4, -0.2) is 33.3 Å². The minimum absolute atomic E-state index is 0.0831. The zero-order chi connectivity index (χ0) is 12.0. The summed E-state index contributed by atoms with van der Waals surface area (Å²) in [5.41, 5.74) is 0. The predicted molar refractivity (Wildman–Crippen MR) is 60.0 cm³/mol. The van der Waals surface area contributed by atoms with Crippen LogP contribution in [-0.2, 0) is 23.0 Å². The molecule has 0 fully saturated rings. The van der Waals surface area contributed by atoms with Gasteiger partial charge in [-0.1, -0.05) is 13.3 Å². The van der Waals surface area contributed by atoms with E-state index in [-0.39, 0.29) is 11.9 Å². The molecule has 0 amide bonds. The van der Waals surface area contributed by atoms with Crippen LogP contribution in [0.2, 0.25) is 0 Å². The highest BCUT2D eigenvalue weighted by Gasteiger charge is 2.19. The predicted octanol–water partition coefficient (Wildman–Crippen LogP) is 1.13.